The second-order valence-electron chi connectivity index (χ2n) is 4.55. The van der Waals surface area contributed by atoms with Gasteiger partial charge in [-0.25, -0.2) is 0 Å². The van der Waals surface area contributed by atoms with Gasteiger partial charge in [-0.05, 0) is 6.07 Å². The minimum atomic E-state index is -1.37. The van der Waals surface area contributed by atoms with E-state index in [4.69, 9.17) is 10.5 Å². The van der Waals surface area contributed by atoms with Crippen LogP contribution in [0.2, 0.25) is 0 Å². The molecule has 2 aromatic rings. The van der Waals surface area contributed by atoms with Crippen molar-refractivity contribution in [2.75, 3.05) is 0 Å². The van der Waals surface area contributed by atoms with Crippen molar-refractivity contribution in [3.63, 3.8) is 0 Å². The Bertz CT molecular complexity index is 894. The van der Waals surface area contributed by atoms with E-state index in [1.165, 1.54) is 6.07 Å². The van der Waals surface area contributed by atoms with E-state index >= 15 is 0 Å². The van der Waals surface area contributed by atoms with Gasteiger partial charge in [0.05, 0.1) is 16.6 Å². The van der Waals surface area contributed by atoms with Crippen LogP contribution >= 0.6 is 0 Å². The molecular weight excluding hydrogens is 310 g/mol. The van der Waals surface area contributed by atoms with Crippen molar-refractivity contribution in [2.45, 2.75) is 6.04 Å². The topological polar surface area (TPSA) is 133 Å². The number of non-ortho nitro benzene ring substituents is 1. The van der Waals surface area contributed by atoms with Crippen LogP contribution in [0.3, 0.4) is 0 Å². The lowest BCUT2D eigenvalue weighted by molar-refractivity contribution is -0.384. The molecule has 0 fully saturated rings. The Balaban J connectivity index is 2.29. The summed E-state index contributed by atoms with van der Waals surface area (Å²) in [4.78, 5) is 22.2. The number of carbonyl (C=O) groups is 1. The van der Waals surface area contributed by atoms with E-state index in [9.17, 15) is 14.9 Å². The van der Waals surface area contributed by atoms with Crippen LogP contribution in [0.1, 0.15) is 15.9 Å². The molecule has 0 aliphatic carbocycles. The summed E-state index contributed by atoms with van der Waals surface area (Å²) in [6.07, 6.45) is 0. The molecule has 116 valence electrons. The maximum Gasteiger partial charge on any atom is 0.270 e. The van der Waals surface area contributed by atoms with Gasteiger partial charge in [0.1, 0.15) is 11.8 Å². The lowest BCUT2D eigenvalue weighted by atomic mass is 10.1. The zero-order valence-corrected chi connectivity index (χ0v) is 12.2. The van der Waals surface area contributed by atoms with E-state index in [0.29, 0.717) is 5.56 Å². The Morgan fingerprint density at radius 2 is 1.88 bits per heavy atom. The summed E-state index contributed by atoms with van der Waals surface area (Å²) in [6.45, 7) is 0. The largest absolute Gasteiger partial charge is 0.290 e. The summed E-state index contributed by atoms with van der Waals surface area (Å²) in [5, 5.41) is 36.2. The molecule has 2 rings (SSSR count). The van der Waals surface area contributed by atoms with E-state index in [0.717, 1.165) is 12.1 Å². The second kappa shape index (κ2) is 7.38. The number of carbonyl (C=O) groups excluding carboxylic acids is 1. The van der Waals surface area contributed by atoms with E-state index in [-0.39, 0.29) is 16.9 Å². The van der Waals surface area contributed by atoms with E-state index in [1.807, 2.05) is 0 Å². The number of Topliss-reactive ketones (excluding diaryl/α,β-unsaturated/α-hetero) is 1. The number of benzene rings is 2. The fourth-order valence-corrected chi connectivity index (χ4v) is 1.83. The molecule has 0 amide bonds. The first-order valence-electron chi connectivity index (χ1n) is 6.65. The summed E-state index contributed by atoms with van der Waals surface area (Å²) in [6, 6.07) is 13.7. The minimum absolute atomic E-state index is 0.0456. The lowest BCUT2D eigenvalue weighted by Crippen LogP contribution is -2.16. The third-order valence-electron chi connectivity index (χ3n) is 3.02. The number of nitriles is 2. The predicted molar refractivity (Wildman–Crippen MR) is 82.5 cm³/mol. The van der Waals surface area contributed by atoms with E-state index in [1.54, 1.807) is 42.5 Å². The monoisotopic (exact) mass is 319 g/mol. The Hall–Kier alpha value is -3.91. The van der Waals surface area contributed by atoms with Gasteiger partial charge in [0, 0.05) is 17.7 Å². The smallest absolute Gasteiger partial charge is 0.270 e. The van der Waals surface area contributed by atoms with Crippen molar-refractivity contribution >= 4 is 17.2 Å². The second-order valence-corrected chi connectivity index (χ2v) is 4.55. The maximum absolute atomic E-state index is 12.2. The molecule has 0 radical (unpaired) electrons. The third-order valence-corrected chi connectivity index (χ3v) is 3.02. The minimum Gasteiger partial charge on any atom is -0.290 e. The molecule has 0 heterocycles. The fourth-order valence-electron chi connectivity index (χ4n) is 1.83. The summed E-state index contributed by atoms with van der Waals surface area (Å²) in [5.74, 6) is -0.526. The van der Waals surface area contributed by atoms with Gasteiger partial charge in [0.15, 0.2) is 0 Å². The highest BCUT2D eigenvalue weighted by Crippen LogP contribution is 2.24. The van der Waals surface area contributed by atoms with Crippen molar-refractivity contribution in [1.82, 2.24) is 0 Å². The van der Waals surface area contributed by atoms with Crippen molar-refractivity contribution in [2.24, 2.45) is 10.2 Å². The molecule has 0 aromatic heterocycles. The number of hydrogen-bond acceptors (Lipinski definition) is 7. The van der Waals surface area contributed by atoms with Crippen molar-refractivity contribution in [3.8, 4) is 12.1 Å². The Kier molecular flexibility index (Phi) is 5.06. The average molecular weight is 319 g/mol. The van der Waals surface area contributed by atoms with E-state index < -0.39 is 16.7 Å². The summed E-state index contributed by atoms with van der Waals surface area (Å²) in [7, 11) is 0. The average Bonchev–Trinajstić information content (AvgIpc) is 2.62. The van der Waals surface area contributed by atoms with Crippen LogP contribution in [0.4, 0.5) is 11.4 Å². The molecule has 1 atom stereocenters. The molecule has 8 heteroatoms. The molecule has 2 aromatic carbocycles. The highest BCUT2D eigenvalue weighted by atomic mass is 16.6. The molecular formula is C16H9N5O3. The maximum atomic E-state index is 12.2. The molecule has 8 nitrogen and oxygen atoms in total. The quantitative estimate of drug-likeness (QED) is 0.361. The number of nitrogens with zero attached hydrogens (tertiary/aromatic N) is 5. The molecule has 0 saturated heterocycles. The zero-order valence-electron chi connectivity index (χ0n) is 12.2. The molecule has 0 bridgehead atoms. The summed E-state index contributed by atoms with van der Waals surface area (Å²) >= 11 is 0. The van der Waals surface area contributed by atoms with Gasteiger partial charge < -0.3 is 0 Å². The molecule has 0 aliphatic heterocycles. The normalized spacial score (nSPS) is 11.4. The number of nitro benzene ring substituents is 1. The molecule has 1 unspecified atom stereocenters. The van der Waals surface area contributed by atoms with Gasteiger partial charge in [-0.2, -0.15) is 20.8 Å². The number of nitro groups is 1. The molecule has 0 aliphatic rings. The van der Waals surface area contributed by atoms with Crippen LogP contribution in [0.5, 0.6) is 0 Å². The van der Waals surface area contributed by atoms with Crippen LogP contribution in [0.15, 0.2) is 58.8 Å². The summed E-state index contributed by atoms with van der Waals surface area (Å²) < 4.78 is 0. The van der Waals surface area contributed by atoms with E-state index in [2.05, 4.69) is 10.2 Å². The molecule has 0 N–H and O–H groups in total. The zero-order chi connectivity index (χ0) is 17.5. The highest BCUT2D eigenvalue weighted by molar-refractivity contribution is 6.01. The summed E-state index contributed by atoms with van der Waals surface area (Å²) in [5.41, 5.74) is 0.0240. The van der Waals surface area contributed by atoms with Crippen LogP contribution in [0.25, 0.3) is 0 Å². The van der Waals surface area contributed by atoms with Crippen LogP contribution in [0, 0.1) is 32.8 Å². The van der Waals surface area contributed by atoms with Crippen molar-refractivity contribution < 1.29 is 9.72 Å². The Morgan fingerprint density at radius 3 is 2.46 bits per heavy atom. The third kappa shape index (κ3) is 3.64. The predicted octanol–water partition coefficient (Wildman–Crippen LogP) is 3.33. The first-order valence-corrected chi connectivity index (χ1v) is 6.65. The van der Waals surface area contributed by atoms with Crippen molar-refractivity contribution in [3.05, 3.63) is 69.8 Å². The number of rotatable bonds is 5. The highest BCUT2D eigenvalue weighted by Gasteiger charge is 2.19. The van der Waals surface area contributed by atoms with Gasteiger partial charge in [-0.1, -0.05) is 30.3 Å². The Labute approximate surface area is 136 Å². The van der Waals surface area contributed by atoms with Crippen LogP contribution < -0.4 is 0 Å². The number of azo groups is 1. The fraction of sp³-hybridized carbons (Fsp3) is 0.0625. The van der Waals surface area contributed by atoms with Gasteiger partial charge in [-0.3, -0.25) is 14.9 Å². The molecule has 24 heavy (non-hydrogen) atoms. The molecule has 0 saturated carbocycles. The van der Waals surface area contributed by atoms with Crippen LogP contribution in [-0.2, 0) is 0 Å². The van der Waals surface area contributed by atoms with Gasteiger partial charge in [-0.15, -0.1) is 0 Å². The van der Waals surface area contributed by atoms with Crippen LogP contribution in [-0.4, -0.2) is 16.7 Å². The number of ketones is 1. The number of hydrogen-bond donors (Lipinski definition) is 0. The molecule has 0 spiro atoms. The van der Waals surface area contributed by atoms with Crippen molar-refractivity contribution in [1.29, 1.82) is 10.5 Å². The Morgan fingerprint density at radius 1 is 1.17 bits per heavy atom. The lowest BCUT2D eigenvalue weighted by Gasteiger charge is -2.02. The standard InChI is InChI=1S/C16H9N5O3/c17-9-12-8-13(21(23)24)6-7-14(12)19-20-15(10-18)16(22)11-4-2-1-3-5-11/h1-8,15H. The van der Waals surface area contributed by atoms with Gasteiger partial charge in [0.2, 0.25) is 11.8 Å². The van der Waals surface area contributed by atoms with Gasteiger partial charge in [0.25, 0.3) is 5.69 Å². The SMILES string of the molecule is N#Cc1cc([N+](=O)[O-])ccc1N=NC(C#N)C(=O)c1ccccc1. The first kappa shape index (κ1) is 16.5. The van der Waals surface area contributed by atoms with Gasteiger partial charge >= 0.3 is 0 Å². The first-order chi connectivity index (χ1) is 11.6.